The Labute approximate surface area is 128 Å². The molecule has 0 radical (unpaired) electrons. The third-order valence-corrected chi connectivity index (χ3v) is 3.85. The molecule has 0 saturated heterocycles. The van der Waals surface area contributed by atoms with Crippen LogP contribution < -0.4 is 0 Å². The Balaban J connectivity index is 2.25. The SMILES string of the molecule is CCCCCCCCCCc1cccc(C(CO)=NO)c1. The lowest BCUT2D eigenvalue weighted by molar-refractivity contribution is 0.304. The van der Waals surface area contributed by atoms with Crippen molar-refractivity contribution in [3.8, 4) is 0 Å². The molecule has 3 nitrogen and oxygen atoms in total. The largest absolute Gasteiger partial charge is 0.411 e. The third kappa shape index (κ3) is 7.28. The first kappa shape index (κ1) is 17.7. The molecule has 0 unspecified atom stereocenters. The monoisotopic (exact) mass is 291 g/mol. The lowest BCUT2D eigenvalue weighted by atomic mass is 10.0. The predicted octanol–water partition coefficient (Wildman–Crippen LogP) is 4.54. The summed E-state index contributed by atoms with van der Waals surface area (Å²) in [6.07, 6.45) is 11.6. The Bertz CT molecular complexity index is 415. The van der Waals surface area contributed by atoms with Crippen molar-refractivity contribution in [1.29, 1.82) is 0 Å². The maximum Gasteiger partial charge on any atom is 0.112 e. The predicted molar refractivity (Wildman–Crippen MR) is 88.2 cm³/mol. The number of hydrogen-bond acceptors (Lipinski definition) is 3. The van der Waals surface area contributed by atoms with Gasteiger partial charge in [0.25, 0.3) is 0 Å². The van der Waals surface area contributed by atoms with Crippen LogP contribution in [0.1, 0.15) is 69.4 Å². The molecule has 0 amide bonds. The number of aliphatic hydroxyl groups excluding tert-OH is 1. The molecular weight excluding hydrogens is 262 g/mol. The van der Waals surface area contributed by atoms with E-state index < -0.39 is 0 Å². The lowest BCUT2D eigenvalue weighted by Gasteiger charge is -2.06. The van der Waals surface area contributed by atoms with Crippen LogP contribution in [0.25, 0.3) is 0 Å². The van der Waals surface area contributed by atoms with Gasteiger partial charge in [-0.2, -0.15) is 0 Å². The molecule has 118 valence electrons. The number of nitrogens with zero attached hydrogens (tertiary/aromatic N) is 1. The quantitative estimate of drug-likeness (QED) is 0.272. The highest BCUT2D eigenvalue weighted by Gasteiger charge is 2.03. The number of unbranched alkanes of at least 4 members (excludes halogenated alkanes) is 7. The smallest absolute Gasteiger partial charge is 0.112 e. The van der Waals surface area contributed by atoms with Crippen molar-refractivity contribution < 1.29 is 10.3 Å². The summed E-state index contributed by atoms with van der Waals surface area (Å²) in [5.74, 6) is 0. The fourth-order valence-corrected chi connectivity index (χ4v) is 2.55. The summed E-state index contributed by atoms with van der Waals surface area (Å²) in [5, 5.41) is 21.1. The van der Waals surface area contributed by atoms with E-state index in [-0.39, 0.29) is 6.61 Å². The van der Waals surface area contributed by atoms with Gasteiger partial charge in [-0.15, -0.1) is 0 Å². The van der Waals surface area contributed by atoms with Crippen molar-refractivity contribution >= 4 is 5.71 Å². The lowest BCUT2D eigenvalue weighted by Crippen LogP contribution is -2.06. The van der Waals surface area contributed by atoms with Crippen LogP contribution in [0, 0.1) is 0 Å². The Morgan fingerprint density at radius 2 is 1.67 bits per heavy atom. The van der Waals surface area contributed by atoms with Crippen LogP contribution in [0.3, 0.4) is 0 Å². The molecule has 0 fully saturated rings. The van der Waals surface area contributed by atoms with Crippen molar-refractivity contribution in [1.82, 2.24) is 0 Å². The number of benzene rings is 1. The molecule has 2 N–H and O–H groups in total. The van der Waals surface area contributed by atoms with Crippen molar-refractivity contribution in [2.75, 3.05) is 6.61 Å². The Kier molecular flexibility index (Phi) is 9.55. The molecule has 0 aliphatic heterocycles. The van der Waals surface area contributed by atoms with Crippen LogP contribution in [0.15, 0.2) is 29.4 Å². The maximum atomic E-state index is 9.11. The van der Waals surface area contributed by atoms with Gasteiger partial charge >= 0.3 is 0 Å². The number of hydrogen-bond donors (Lipinski definition) is 2. The summed E-state index contributed by atoms with van der Waals surface area (Å²) in [4.78, 5) is 0. The van der Waals surface area contributed by atoms with E-state index in [0.29, 0.717) is 5.71 Å². The van der Waals surface area contributed by atoms with Crippen LogP contribution in [-0.4, -0.2) is 22.6 Å². The van der Waals surface area contributed by atoms with Crippen LogP contribution in [0.4, 0.5) is 0 Å². The zero-order chi connectivity index (χ0) is 15.3. The second-order valence-electron chi connectivity index (χ2n) is 5.63. The van der Waals surface area contributed by atoms with E-state index in [1.54, 1.807) is 0 Å². The molecule has 21 heavy (non-hydrogen) atoms. The van der Waals surface area contributed by atoms with Gasteiger partial charge in [0.2, 0.25) is 0 Å². The summed E-state index contributed by atoms with van der Waals surface area (Å²) in [5.41, 5.74) is 2.37. The van der Waals surface area contributed by atoms with Crippen molar-refractivity contribution in [2.45, 2.75) is 64.7 Å². The number of aryl methyl sites for hydroxylation is 1. The van der Waals surface area contributed by atoms with E-state index in [1.807, 2.05) is 18.2 Å². The summed E-state index contributed by atoms with van der Waals surface area (Å²) >= 11 is 0. The van der Waals surface area contributed by atoms with Crippen LogP contribution >= 0.6 is 0 Å². The molecule has 0 aliphatic carbocycles. The minimum atomic E-state index is -0.238. The molecule has 1 rings (SSSR count). The fraction of sp³-hybridized carbons (Fsp3) is 0.611. The van der Waals surface area contributed by atoms with Gasteiger partial charge in [-0.25, -0.2) is 0 Å². The van der Waals surface area contributed by atoms with Crippen LogP contribution in [0.5, 0.6) is 0 Å². The molecule has 0 aliphatic rings. The summed E-state index contributed by atoms with van der Waals surface area (Å²) < 4.78 is 0. The van der Waals surface area contributed by atoms with Crippen molar-refractivity contribution in [2.24, 2.45) is 5.16 Å². The van der Waals surface area contributed by atoms with E-state index in [4.69, 9.17) is 10.3 Å². The Morgan fingerprint density at radius 3 is 2.29 bits per heavy atom. The second-order valence-corrected chi connectivity index (χ2v) is 5.63. The molecule has 0 aromatic heterocycles. The maximum absolute atomic E-state index is 9.11. The fourth-order valence-electron chi connectivity index (χ4n) is 2.55. The van der Waals surface area contributed by atoms with Crippen LogP contribution in [-0.2, 0) is 6.42 Å². The molecule has 0 saturated carbocycles. The van der Waals surface area contributed by atoms with Gasteiger partial charge in [-0.3, -0.25) is 0 Å². The molecule has 1 aromatic carbocycles. The summed E-state index contributed by atoms with van der Waals surface area (Å²) in [6, 6.07) is 7.92. The first-order valence-corrected chi connectivity index (χ1v) is 8.23. The molecule has 0 bridgehead atoms. The van der Waals surface area contributed by atoms with Gasteiger partial charge in [0.05, 0.1) is 6.61 Å². The first-order valence-electron chi connectivity index (χ1n) is 8.23. The number of aliphatic hydroxyl groups is 1. The second kappa shape index (κ2) is 11.3. The number of rotatable bonds is 11. The highest BCUT2D eigenvalue weighted by Crippen LogP contribution is 2.13. The van der Waals surface area contributed by atoms with Gasteiger partial charge < -0.3 is 10.3 Å². The molecule has 0 heterocycles. The van der Waals surface area contributed by atoms with Gasteiger partial charge in [0.15, 0.2) is 0 Å². The van der Waals surface area contributed by atoms with Crippen molar-refractivity contribution in [3.63, 3.8) is 0 Å². The first-order chi connectivity index (χ1) is 10.3. The van der Waals surface area contributed by atoms with Gasteiger partial charge in [-0.1, -0.05) is 75.2 Å². The number of oxime groups is 1. The minimum Gasteiger partial charge on any atom is -0.411 e. The molecule has 0 spiro atoms. The van der Waals surface area contributed by atoms with E-state index in [2.05, 4.69) is 18.1 Å². The van der Waals surface area contributed by atoms with E-state index in [1.165, 1.54) is 56.9 Å². The highest BCUT2D eigenvalue weighted by atomic mass is 16.4. The average Bonchev–Trinajstić information content (AvgIpc) is 2.52. The third-order valence-electron chi connectivity index (χ3n) is 3.85. The molecule has 0 atom stereocenters. The van der Waals surface area contributed by atoms with E-state index in [0.717, 1.165) is 12.0 Å². The molecule has 1 aromatic rings. The average molecular weight is 291 g/mol. The van der Waals surface area contributed by atoms with Gasteiger partial charge in [-0.05, 0) is 24.5 Å². The zero-order valence-electron chi connectivity index (χ0n) is 13.2. The minimum absolute atomic E-state index is 0.238. The zero-order valence-corrected chi connectivity index (χ0v) is 13.2. The van der Waals surface area contributed by atoms with E-state index >= 15 is 0 Å². The van der Waals surface area contributed by atoms with Crippen molar-refractivity contribution in [3.05, 3.63) is 35.4 Å². The van der Waals surface area contributed by atoms with Gasteiger partial charge in [0.1, 0.15) is 5.71 Å². The molecule has 3 heteroatoms. The van der Waals surface area contributed by atoms with E-state index in [9.17, 15) is 0 Å². The normalized spacial score (nSPS) is 11.8. The highest BCUT2D eigenvalue weighted by molar-refractivity contribution is 6.01. The standard InChI is InChI=1S/C18H29NO2/c1-2-3-4-5-6-7-8-9-11-16-12-10-13-17(14-16)18(15-20)19-21/h10,12-14,20-21H,2-9,11,15H2,1H3. The Morgan fingerprint density at radius 1 is 1.00 bits per heavy atom. The topological polar surface area (TPSA) is 52.8 Å². The Hall–Kier alpha value is -1.35. The van der Waals surface area contributed by atoms with Crippen LogP contribution in [0.2, 0.25) is 0 Å². The summed E-state index contributed by atoms with van der Waals surface area (Å²) in [6.45, 7) is 2.01. The van der Waals surface area contributed by atoms with Gasteiger partial charge in [0, 0.05) is 5.56 Å². The molecular formula is C18H29NO2. The summed E-state index contributed by atoms with van der Waals surface area (Å²) in [7, 11) is 0.